The number of sulfonamides is 1. The van der Waals surface area contributed by atoms with Crippen molar-refractivity contribution in [3.63, 3.8) is 0 Å². The first-order valence-electron chi connectivity index (χ1n) is 6.72. The van der Waals surface area contributed by atoms with Crippen molar-refractivity contribution >= 4 is 68.0 Å². The van der Waals surface area contributed by atoms with E-state index in [1.165, 1.54) is 44.4 Å². The van der Waals surface area contributed by atoms with Gasteiger partial charge in [0.05, 0.1) is 36.2 Å². The molecule has 1 N–H and O–H groups in total. The van der Waals surface area contributed by atoms with Gasteiger partial charge in [-0.2, -0.15) is 0 Å². The van der Waals surface area contributed by atoms with Gasteiger partial charge in [-0.25, -0.2) is 12.7 Å². The van der Waals surface area contributed by atoms with Gasteiger partial charge in [-0.3, -0.25) is 4.79 Å². The number of halogens is 4. The minimum Gasteiger partial charge on any atom is -0.321 e. The number of benzene rings is 2. The second-order valence-electron chi connectivity index (χ2n) is 5.13. The molecule has 5 nitrogen and oxygen atoms in total. The number of anilines is 1. The predicted octanol–water partition coefficient (Wildman–Crippen LogP) is 4.80. The third kappa shape index (κ3) is 4.39. The number of nitrogens with one attached hydrogen (secondary N) is 1. The smallest absolute Gasteiger partial charge is 0.257 e. The van der Waals surface area contributed by atoms with Gasteiger partial charge in [-0.1, -0.05) is 46.4 Å². The number of carbonyl (C=O) groups is 1. The van der Waals surface area contributed by atoms with Gasteiger partial charge in [0.2, 0.25) is 10.0 Å². The Bertz CT molecular complexity index is 946. The van der Waals surface area contributed by atoms with Gasteiger partial charge >= 0.3 is 0 Å². The Morgan fingerprint density at radius 2 is 1.52 bits per heavy atom. The van der Waals surface area contributed by atoms with Crippen molar-refractivity contribution in [3.8, 4) is 0 Å². The van der Waals surface area contributed by atoms with Crippen LogP contribution in [0.3, 0.4) is 0 Å². The van der Waals surface area contributed by atoms with Crippen molar-refractivity contribution in [3.05, 3.63) is 56.0 Å². The molecule has 0 aliphatic heterocycles. The zero-order chi connectivity index (χ0) is 18.9. The number of hydrogen-bond acceptors (Lipinski definition) is 3. The molecule has 2 rings (SSSR count). The molecule has 0 aromatic heterocycles. The Morgan fingerprint density at radius 3 is 2.12 bits per heavy atom. The first-order chi connectivity index (χ1) is 11.5. The summed E-state index contributed by atoms with van der Waals surface area (Å²) >= 11 is 23.8. The lowest BCUT2D eigenvalue weighted by atomic mass is 10.2. The molecule has 0 aliphatic rings. The van der Waals surface area contributed by atoms with Gasteiger partial charge in [0.1, 0.15) is 0 Å². The Labute approximate surface area is 165 Å². The molecule has 0 radical (unpaired) electrons. The minimum atomic E-state index is -3.71. The highest BCUT2D eigenvalue weighted by Gasteiger charge is 2.21. The van der Waals surface area contributed by atoms with E-state index in [1.54, 1.807) is 0 Å². The molecule has 2 aromatic rings. The van der Waals surface area contributed by atoms with E-state index in [0.717, 1.165) is 4.31 Å². The monoisotopic (exact) mass is 440 g/mol. The molecule has 0 bridgehead atoms. The maximum Gasteiger partial charge on any atom is 0.257 e. The molecule has 0 saturated heterocycles. The molecule has 0 spiro atoms. The second-order valence-corrected chi connectivity index (χ2v) is 8.91. The van der Waals surface area contributed by atoms with E-state index in [4.69, 9.17) is 46.4 Å². The summed E-state index contributed by atoms with van der Waals surface area (Å²) in [4.78, 5) is 12.4. The van der Waals surface area contributed by atoms with Crippen LogP contribution in [0.25, 0.3) is 0 Å². The molecule has 0 saturated carbocycles. The molecule has 2 aromatic carbocycles. The predicted molar refractivity (Wildman–Crippen MR) is 102 cm³/mol. The van der Waals surface area contributed by atoms with Gasteiger partial charge in [0.15, 0.2) is 0 Å². The van der Waals surface area contributed by atoms with Gasteiger partial charge in [0, 0.05) is 14.1 Å². The highest BCUT2D eigenvalue weighted by atomic mass is 35.5. The quantitative estimate of drug-likeness (QED) is 0.692. The van der Waals surface area contributed by atoms with Crippen LogP contribution in [0.15, 0.2) is 35.2 Å². The molecule has 0 heterocycles. The van der Waals surface area contributed by atoms with E-state index in [0.29, 0.717) is 0 Å². The summed E-state index contributed by atoms with van der Waals surface area (Å²) in [7, 11) is -0.937. The molecule has 25 heavy (non-hydrogen) atoms. The SMILES string of the molecule is CN(C)S(=O)(=O)c1ccc(Cl)c(C(=O)Nc2cc(Cl)c(Cl)cc2Cl)c1. The summed E-state index contributed by atoms with van der Waals surface area (Å²) in [5.74, 6) is -0.638. The zero-order valence-corrected chi connectivity index (χ0v) is 16.8. The van der Waals surface area contributed by atoms with E-state index in [9.17, 15) is 13.2 Å². The third-order valence-corrected chi connectivity index (χ3v) is 6.39. The average molecular weight is 442 g/mol. The standard InChI is InChI=1S/C15H12Cl4N2O3S/c1-21(2)25(23,24)8-3-4-10(16)9(5-8)15(22)20-14-7-12(18)11(17)6-13(14)19/h3-7H,1-2H3,(H,20,22). The highest BCUT2D eigenvalue weighted by molar-refractivity contribution is 7.89. The first-order valence-corrected chi connectivity index (χ1v) is 9.67. The van der Waals surface area contributed by atoms with E-state index in [-0.39, 0.29) is 36.2 Å². The Balaban J connectivity index is 2.42. The Hall–Kier alpha value is -1.02. The minimum absolute atomic E-state index is 0.0215. The lowest BCUT2D eigenvalue weighted by Crippen LogP contribution is -2.23. The van der Waals surface area contributed by atoms with Crippen molar-refractivity contribution in [2.45, 2.75) is 4.90 Å². The molecule has 1 amide bonds. The molecule has 10 heteroatoms. The fraction of sp³-hybridized carbons (Fsp3) is 0.133. The van der Waals surface area contributed by atoms with Crippen LogP contribution in [0, 0.1) is 0 Å². The fourth-order valence-electron chi connectivity index (χ4n) is 1.86. The summed E-state index contributed by atoms with van der Waals surface area (Å²) < 4.78 is 25.5. The topological polar surface area (TPSA) is 66.5 Å². The van der Waals surface area contributed by atoms with Gasteiger partial charge < -0.3 is 5.32 Å². The van der Waals surface area contributed by atoms with Crippen molar-refractivity contribution in [1.29, 1.82) is 0 Å². The number of hydrogen-bond donors (Lipinski definition) is 1. The van der Waals surface area contributed by atoms with Crippen LogP contribution in [0.1, 0.15) is 10.4 Å². The van der Waals surface area contributed by atoms with Crippen LogP contribution in [0.5, 0.6) is 0 Å². The number of nitrogens with zero attached hydrogens (tertiary/aromatic N) is 1. The third-order valence-electron chi connectivity index (χ3n) is 3.22. The maximum absolute atomic E-state index is 12.5. The summed E-state index contributed by atoms with van der Waals surface area (Å²) in [5, 5.41) is 3.25. The van der Waals surface area contributed by atoms with Crippen LogP contribution < -0.4 is 5.32 Å². The lowest BCUT2D eigenvalue weighted by molar-refractivity contribution is 0.102. The highest BCUT2D eigenvalue weighted by Crippen LogP contribution is 2.33. The van der Waals surface area contributed by atoms with Crippen molar-refractivity contribution in [2.75, 3.05) is 19.4 Å². The summed E-state index contributed by atoms with van der Waals surface area (Å²) in [6.45, 7) is 0. The average Bonchev–Trinajstić information content (AvgIpc) is 2.52. The van der Waals surface area contributed by atoms with E-state index in [2.05, 4.69) is 5.32 Å². The molecule has 134 valence electrons. The molecular weight excluding hydrogens is 430 g/mol. The van der Waals surface area contributed by atoms with Gasteiger partial charge in [-0.15, -0.1) is 0 Å². The number of rotatable bonds is 4. The lowest BCUT2D eigenvalue weighted by Gasteiger charge is -2.14. The van der Waals surface area contributed by atoms with Crippen molar-refractivity contribution in [2.24, 2.45) is 0 Å². The Morgan fingerprint density at radius 1 is 0.920 bits per heavy atom. The van der Waals surface area contributed by atoms with Crippen LogP contribution in [0.2, 0.25) is 20.1 Å². The molecule has 0 fully saturated rings. The first kappa shape index (κ1) is 20.3. The van der Waals surface area contributed by atoms with Crippen LogP contribution in [-0.4, -0.2) is 32.7 Å². The summed E-state index contributed by atoms with van der Waals surface area (Å²) in [6.07, 6.45) is 0. The number of amides is 1. The summed E-state index contributed by atoms with van der Waals surface area (Å²) in [5.41, 5.74) is 0.199. The van der Waals surface area contributed by atoms with Crippen LogP contribution in [0.4, 0.5) is 5.69 Å². The van der Waals surface area contributed by atoms with Gasteiger partial charge in [0.25, 0.3) is 5.91 Å². The van der Waals surface area contributed by atoms with E-state index < -0.39 is 15.9 Å². The number of carbonyl (C=O) groups excluding carboxylic acids is 1. The molecule has 0 unspecified atom stereocenters. The second kappa shape index (κ2) is 7.70. The maximum atomic E-state index is 12.5. The normalized spacial score (nSPS) is 11.6. The fourth-order valence-corrected chi connectivity index (χ4v) is 3.58. The largest absolute Gasteiger partial charge is 0.321 e. The molecule has 0 atom stereocenters. The Kier molecular flexibility index (Phi) is 6.25. The van der Waals surface area contributed by atoms with Gasteiger partial charge in [-0.05, 0) is 30.3 Å². The summed E-state index contributed by atoms with van der Waals surface area (Å²) in [6, 6.07) is 6.62. The zero-order valence-electron chi connectivity index (χ0n) is 13.0. The van der Waals surface area contributed by atoms with Crippen molar-refractivity contribution < 1.29 is 13.2 Å². The van der Waals surface area contributed by atoms with Crippen molar-refractivity contribution in [1.82, 2.24) is 4.31 Å². The molecular formula is C15H12Cl4N2O3S. The van der Waals surface area contributed by atoms with E-state index in [1.807, 2.05) is 0 Å². The molecule has 0 aliphatic carbocycles. The van der Waals surface area contributed by atoms with Crippen LogP contribution in [-0.2, 0) is 10.0 Å². The van der Waals surface area contributed by atoms with E-state index >= 15 is 0 Å². The van der Waals surface area contributed by atoms with Crippen LogP contribution >= 0.6 is 46.4 Å².